The molecule has 17 heavy (non-hydrogen) atoms. The number of carbonyl (C=O) groups excluding carboxylic acids is 2. The highest BCUT2D eigenvalue weighted by molar-refractivity contribution is 5.94. The minimum absolute atomic E-state index is 0.0202. The van der Waals surface area contributed by atoms with Crippen LogP contribution < -0.4 is 10.6 Å². The van der Waals surface area contributed by atoms with E-state index in [9.17, 15) is 14.4 Å². The maximum absolute atomic E-state index is 11.3. The molecule has 0 saturated heterocycles. The lowest BCUT2D eigenvalue weighted by atomic mass is 10.2. The summed E-state index contributed by atoms with van der Waals surface area (Å²) in [6, 6.07) is -0.502. The molecule has 1 atom stereocenters. The van der Waals surface area contributed by atoms with Gasteiger partial charge in [-0.2, -0.15) is 0 Å². The maximum atomic E-state index is 11.3. The van der Waals surface area contributed by atoms with E-state index in [2.05, 4.69) is 10.6 Å². The van der Waals surface area contributed by atoms with Gasteiger partial charge in [-0.25, -0.2) is 4.79 Å². The number of nitrogens with one attached hydrogen (secondary N) is 2. The molecule has 0 aromatic heterocycles. The van der Waals surface area contributed by atoms with Crippen molar-refractivity contribution in [2.75, 3.05) is 0 Å². The van der Waals surface area contributed by atoms with Crippen LogP contribution in [0.5, 0.6) is 0 Å². The Morgan fingerprint density at radius 1 is 1.24 bits per heavy atom. The second-order valence-corrected chi connectivity index (χ2v) is 3.96. The Balaban J connectivity index is 3.72. The number of hydrogen-bond donors (Lipinski definition) is 3. The predicted octanol–water partition coefficient (Wildman–Crippen LogP) is 1.26. The summed E-state index contributed by atoms with van der Waals surface area (Å²) in [6.45, 7) is 3.87. The molecule has 0 aliphatic heterocycles. The molecule has 0 aliphatic carbocycles. The molecule has 6 nitrogen and oxygen atoms in total. The lowest BCUT2D eigenvalue weighted by molar-refractivity contribution is -0.137. The van der Waals surface area contributed by atoms with Gasteiger partial charge < -0.3 is 10.4 Å². The number of carbonyl (C=O) groups is 3. The van der Waals surface area contributed by atoms with Crippen molar-refractivity contribution in [1.82, 2.24) is 10.6 Å². The van der Waals surface area contributed by atoms with Gasteiger partial charge in [-0.05, 0) is 19.8 Å². The fourth-order valence-electron chi connectivity index (χ4n) is 1.35. The van der Waals surface area contributed by atoms with Gasteiger partial charge in [0.05, 0.1) is 0 Å². The molecular formula is C11H20N2O4. The number of aliphatic carboxylic acids is 1. The zero-order chi connectivity index (χ0) is 13.3. The van der Waals surface area contributed by atoms with Gasteiger partial charge in [-0.3, -0.25) is 14.9 Å². The smallest absolute Gasteiger partial charge is 0.321 e. The summed E-state index contributed by atoms with van der Waals surface area (Å²) in [7, 11) is 0. The molecule has 3 N–H and O–H groups in total. The summed E-state index contributed by atoms with van der Waals surface area (Å²) in [4.78, 5) is 32.7. The molecule has 0 aromatic rings. The molecule has 1 unspecified atom stereocenters. The maximum Gasteiger partial charge on any atom is 0.321 e. The van der Waals surface area contributed by atoms with Crippen LogP contribution in [0, 0.1) is 0 Å². The van der Waals surface area contributed by atoms with Crippen molar-refractivity contribution < 1.29 is 19.5 Å². The Labute approximate surface area is 101 Å². The first-order valence-corrected chi connectivity index (χ1v) is 5.77. The zero-order valence-corrected chi connectivity index (χ0v) is 10.3. The van der Waals surface area contributed by atoms with Crippen LogP contribution in [0.25, 0.3) is 0 Å². The van der Waals surface area contributed by atoms with E-state index in [4.69, 9.17) is 5.11 Å². The summed E-state index contributed by atoms with van der Waals surface area (Å²) in [5.74, 6) is -1.40. The van der Waals surface area contributed by atoms with Crippen molar-refractivity contribution >= 4 is 17.9 Å². The third-order valence-electron chi connectivity index (χ3n) is 2.15. The van der Waals surface area contributed by atoms with Crippen molar-refractivity contribution in [1.29, 1.82) is 0 Å². The minimum Gasteiger partial charge on any atom is -0.481 e. The van der Waals surface area contributed by atoms with Gasteiger partial charge in [-0.15, -0.1) is 0 Å². The number of imide groups is 1. The van der Waals surface area contributed by atoms with Crippen molar-refractivity contribution in [3.05, 3.63) is 0 Å². The van der Waals surface area contributed by atoms with E-state index in [0.717, 1.165) is 12.8 Å². The van der Waals surface area contributed by atoms with Crippen LogP contribution in [0.1, 0.15) is 46.0 Å². The second-order valence-electron chi connectivity index (χ2n) is 3.96. The third kappa shape index (κ3) is 9.35. The van der Waals surface area contributed by atoms with Crippen LogP contribution in [0.2, 0.25) is 0 Å². The van der Waals surface area contributed by atoms with Crippen molar-refractivity contribution in [2.45, 2.75) is 52.0 Å². The summed E-state index contributed by atoms with van der Waals surface area (Å²) in [5.41, 5.74) is 0. The summed E-state index contributed by atoms with van der Waals surface area (Å²) in [6.07, 6.45) is 2.01. The monoisotopic (exact) mass is 244 g/mol. The standard InChI is InChI=1S/C11H20N2O4/c1-3-5-8(2)12-11(17)13-9(14)6-4-7-10(15)16/h8H,3-7H2,1-2H3,(H,15,16)(H2,12,13,14,17). The summed E-state index contributed by atoms with van der Waals surface area (Å²) < 4.78 is 0. The van der Waals surface area contributed by atoms with E-state index in [0.29, 0.717) is 0 Å². The Bertz CT molecular complexity index is 279. The molecule has 0 bridgehead atoms. The van der Waals surface area contributed by atoms with Gasteiger partial charge in [-0.1, -0.05) is 13.3 Å². The molecule has 0 aromatic carbocycles. The van der Waals surface area contributed by atoms with Crippen LogP contribution in [0.15, 0.2) is 0 Å². The SMILES string of the molecule is CCCC(C)NC(=O)NC(=O)CCCC(=O)O. The molecule has 0 rings (SSSR count). The number of amides is 3. The molecule has 98 valence electrons. The molecular weight excluding hydrogens is 224 g/mol. The highest BCUT2D eigenvalue weighted by Gasteiger charge is 2.10. The van der Waals surface area contributed by atoms with E-state index in [-0.39, 0.29) is 25.3 Å². The third-order valence-corrected chi connectivity index (χ3v) is 2.15. The quantitative estimate of drug-likeness (QED) is 0.628. The van der Waals surface area contributed by atoms with E-state index in [1.165, 1.54) is 0 Å². The molecule has 6 heteroatoms. The summed E-state index contributed by atoms with van der Waals surface area (Å²) >= 11 is 0. The lowest BCUT2D eigenvalue weighted by Crippen LogP contribution is -2.43. The fourth-order valence-corrected chi connectivity index (χ4v) is 1.35. The van der Waals surface area contributed by atoms with E-state index < -0.39 is 17.9 Å². The molecule has 0 aliphatic rings. The van der Waals surface area contributed by atoms with Crippen LogP contribution in [-0.4, -0.2) is 29.1 Å². The number of hydrogen-bond acceptors (Lipinski definition) is 3. The van der Waals surface area contributed by atoms with Gasteiger partial charge in [0.1, 0.15) is 0 Å². The minimum atomic E-state index is -0.946. The van der Waals surface area contributed by atoms with Crippen LogP contribution in [-0.2, 0) is 9.59 Å². The zero-order valence-electron chi connectivity index (χ0n) is 10.3. The molecule has 3 amide bonds. The van der Waals surface area contributed by atoms with Crippen LogP contribution in [0.3, 0.4) is 0 Å². The van der Waals surface area contributed by atoms with Crippen molar-refractivity contribution in [3.8, 4) is 0 Å². The Morgan fingerprint density at radius 3 is 2.41 bits per heavy atom. The molecule has 0 heterocycles. The molecule has 0 spiro atoms. The van der Waals surface area contributed by atoms with Gasteiger partial charge in [0.25, 0.3) is 0 Å². The largest absolute Gasteiger partial charge is 0.481 e. The number of carboxylic acid groups (broad SMARTS) is 1. The summed E-state index contributed by atoms with van der Waals surface area (Å²) in [5, 5.41) is 13.2. The Hall–Kier alpha value is -1.59. The van der Waals surface area contributed by atoms with Gasteiger partial charge in [0, 0.05) is 18.9 Å². The second kappa shape index (κ2) is 8.55. The van der Waals surface area contributed by atoms with Gasteiger partial charge >= 0.3 is 12.0 Å². The van der Waals surface area contributed by atoms with E-state index >= 15 is 0 Å². The van der Waals surface area contributed by atoms with Crippen LogP contribution in [0.4, 0.5) is 4.79 Å². The van der Waals surface area contributed by atoms with Crippen molar-refractivity contribution in [3.63, 3.8) is 0 Å². The highest BCUT2D eigenvalue weighted by Crippen LogP contribution is 1.96. The first kappa shape index (κ1) is 15.4. The number of urea groups is 1. The van der Waals surface area contributed by atoms with Gasteiger partial charge in [0.2, 0.25) is 5.91 Å². The first-order valence-electron chi connectivity index (χ1n) is 5.77. The average Bonchev–Trinajstić information content (AvgIpc) is 2.16. The number of carboxylic acids is 1. The molecule has 0 saturated carbocycles. The molecule has 0 fully saturated rings. The number of rotatable bonds is 7. The lowest BCUT2D eigenvalue weighted by Gasteiger charge is -2.12. The topological polar surface area (TPSA) is 95.5 Å². The fraction of sp³-hybridized carbons (Fsp3) is 0.727. The van der Waals surface area contributed by atoms with E-state index in [1.807, 2.05) is 13.8 Å². The first-order chi connectivity index (χ1) is 7.95. The normalized spacial score (nSPS) is 11.6. The Morgan fingerprint density at radius 2 is 1.88 bits per heavy atom. The van der Waals surface area contributed by atoms with Crippen LogP contribution >= 0.6 is 0 Å². The van der Waals surface area contributed by atoms with Crippen molar-refractivity contribution in [2.24, 2.45) is 0 Å². The van der Waals surface area contributed by atoms with E-state index in [1.54, 1.807) is 0 Å². The molecule has 0 radical (unpaired) electrons. The van der Waals surface area contributed by atoms with Gasteiger partial charge in [0.15, 0.2) is 0 Å². The predicted molar refractivity (Wildman–Crippen MR) is 62.5 cm³/mol. The Kier molecular flexibility index (Phi) is 7.75. The highest BCUT2D eigenvalue weighted by atomic mass is 16.4. The average molecular weight is 244 g/mol.